The summed E-state index contributed by atoms with van der Waals surface area (Å²) in [6.45, 7) is 3.64. The second-order valence-electron chi connectivity index (χ2n) is 4.79. The van der Waals surface area contributed by atoms with Crippen molar-refractivity contribution < 1.29 is 9.47 Å². The standard InChI is InChI=1S/C15H21ClN2O2/c1-11(16)15-17-13-10-12(20-3)6-7-14(13)18(15)8-4-5-9-19-2/h6-7,10-11H,4-5,8-9H2,1-3H3. The van der Waals surface area contributed by atoms with Gasteiger partial charge in [-0.05, 0) is 31.9 Å². The zero-order valence-corrected chi connectivity index (χ0v) is 13.0. The number of rotatable bonds is 7. The summed E-state index contributed by atoms with van der Waals surface area (Å²) < 4.78 is 12.5. The van der Waals surface area contributed by atoms with Crippen molar-refractivity contribution in [2.75, 3.05) is 20.8 Å². The van der Waals surface area contributed by atoms with Crippen molar-refractivity contribution in [2.45, 2.75) is 31.7 Å². The first-order valence-electron chi connectivity index (χ1n) is 6.84. The van der Waals surface area contributed by atoms with Crippen LogP contribution < -0.4 is 4.74 Å². The fourth-order valence-corrected chi connectivity index (χ4v) is 2.48. The molecule has 1 aromatic carbocycles. The van der Waals surface area contributed by atoms with Gasteiger partial charge < -0.3 is 14.0 Å². The Balaban J connectivity index is 2.31. The van der Waals surface area contributed by atoms with E-state index < -0.39 is 0 Å². The monoisotopic (exact) mass is 296 g/mol. The van der Waals surface area contributed by atoms with E-state index in [2.05, 4.69) is 9.55 Å². The Kier molecular flexibility index (Phi) is 5.26. The molecule has 0 aliphatic carbocycles. The van der Waals surface area contributed by atoms with E-state index in [1.54, 1.807) is 14.2 Å². The number of aryl methyl sites for hydroxylation is 1. The Bertz CT molecular complexity index is 566. The number of imidazole rings is 1. The van der Waals surface area contributed by atoms with Gasteiger partial charge in [0.1, 0.15) is 11.6 Å². The minimum absolute atomic E-state index is 0.115. The maximum absolute atomic E-state index is 6.25. The highest BCUT2D eigenvalue weighted by Crippen LogP contribution is 2.27. The van der Waals surface area contributed by atoms with E-state index in [9.17, 15) is 0 Å². The topological polar surface area (TPSA) is 36.3 Å². The average molecular weight is 297 g/mol. The van der Waals surface area contributed by atoms with Crippen LogP contribution in [0.3, 0.4) is 0 Å². The number of nitrogens with zero attached hydrogens (tertiary/aromatic N) is 2. The molecule has 2 aromatic rings. The molecule has 0 saturated heterocycles. The Morgan fingerprint density at radius 3 is 2.75 bits per heavy atom. The van der Waals surface area contributed by atoms with Gasteiger partial charge in [-0.25, -0.2) is 4.98 Å². The van der Waals surface area contributed by atoms with Crippen molar-refractivity contribution in [3.63, 3.8) is 0 Å². The van der Waals surface area contributed by atoms with Crippen LogP contribution in [0, 0.1) is 0 Å². The molecule has 2 rings (SSSR count). The predicted octanol–water partition coefficient (Wildman–Crippen LogP) is 3.77. The molecule has 1 unspecified atom stereocenters. The van der Waals surface area contributed by atoms with Gasteiger partial charge in [-0.1, -0.05) is 0 Å². The highest BCUT2D eigenvalue weighted by molar-refractivity contribution is 6.20. The summed E-state index contributed by atoms with van der Waals surface area (Å²) in [5.41, 5.74) is 2.03. The summed E-state index contributed by atoms with van der Waals surface area (Å²) in [5.74, 6) is 1.72. The second kappa shape index (κ2) is 6.95. The van der Waals surface area contributed by atoms with Gasteiger partial charge in [-0.3, -0.25) is 0 Å². The number of ether oxygens (including phenoxy) is 2. The lowest BCUT2D eigenvalue weighted by Gasteiger charge is -2.10. The molecule has 0 amide bonds. The number of unbranched alkanes of at least 4 members (excludes halogenated alkanes) is 1. The Labute approximate surface area is 124 Å². The number of alkyl halides is 1. The summed E-state index contributed by atoms with van der Waals surface area (Å²) in [7, 11) is 3.39. The molecule has 0 fully saturated rings. The minimum atomic E-state index is -0.115. The highest BCUT2D eigenvalue weighted by atomic mass is 35.5. The van der Waals surface area contributed by atoms with Crippen LogP contribution >= 0.6 is 11.6 Å². The van der Waals surface area contributed by atoms with E-state index >= 15 is 0 Å². The number of aromatic nitrogens is 2. The predicted molar refractivity (Wildman–Crippen MR) is 81.7 cm³/mol. The van der Waals surface area contributed by atoms with Crippen LogP contribution in [0.2, 0.25) is 0 Å². The maximum atomic E-state index is 6.25. The van der Waals surface area contributed by atoms with Crippen LogP contribution in [0.15, 0.2) is 18.2 Å². The molecule has 0 N–H and O–H groups in total. The van der Waals surface area contributed by atoms with Crippen LogP contribution in [0.1, 0.15) is 31.0 Å². The third-order valence-electron chi connectivity index (χ3n) is 3.32. The molecule has 0 aliphatic rings. The number of fused-ring (bicyclic) bond motifs is 1. The highest BCUT2D eigenvalue weighted by Gasteiger charge is 2.15. The molecule has 0 radical (unpaired) electrons. The van der Waals surface area contributed by atoms with E-state index in [1.165, 1.54) is 0 Å². The van der Waals surface area contributed by atoms with Gasteiger partial charge in [0.25, 0.3) is 0 Å². The van der Waals surface area contributed by atoms with Crippen molar-refractivity contribution in [2.24, 2.45) is 0 Å². The average Bonchev–Trinajstić information content (AvgIpc) is 2.81. The fraction of sp³-hybridized carbons (Fsp3) is 0.533. The van der Waals surface area contributed by atoms with E-state index in [-0.39, 0.29) is 5.38 Å². The van der Waals surface area contributed by atoms with Crippen molar-refractivity contribution in [1.82, 2.24) is 9.55 Å². The van der Waals surface area contributed by atoms with Crippen molar-refractivity contribution >= 4 is 22.6 Å². The normalized spacial score (nSPS) is 12.8. The fourth-order valence-electron chi connectivity index (χ4n) is 2.31. The quantitative estimate of drug-likeness (QED) is 0.576. The number of hydrogen-bond acceptors (Lipinski definition) is 3. The smallest absolute Gasteiger partial charge is 0.127 e. The maximum Gasteiger partial charge on any atom is 0.127 e. The molecule has 0 saturated carbocycles. The van der Waals surface area contributed by atoms with Crippen molar-refractivity contribution in [1.29, 1.82) is 0 Å². The third-order valence-corrected chi connectivity index (χ3v) is 3.52. The van der Waals surface area contributed by atoms with Crippen LogP contribution in [-0.4, -0.2) is 30.4 Å². The Morgan fingerprint density at radius 1 is 1.30 bits per heavy atom. The van der Waals surface area contributed by atoms with Gasteiger partial charge in [-0.2, -0.15) is 0 Å². The summed E-state index contributed by atoms with van der Waals surface area (Å²) >= 11 is 6.25. The summed E-state index contributed by atoms with van der Waals surface area (Å²) in [5, 5.41) is -0.115. The van der Waals surface area contributed by atoms with Crippen LogP contribution in [0.5, 0.6) is 5.75 Å². The molecule has 5 heteroatoms. The van der Waals surface area contributed by atoms with Crippen molar-refractivity contribution in [3.8, 4) is 5.75 Å². The molecule has 0 aliphatic heterocycles. The van der Waals surface area contributed by atoms with Gasteiger partial charge in [-0.15, -0.1) is 11.6 Å². The molecule has 110 valence electrons. The molecule has 20 heavy (non-hydrogen) atoms. The molecule has 0 bridgehead atoms. The van der Waals surface area contributed by atoms with E-state index in [4.69, 9.17) is 21.1 Å². The van der Waals surface area contributed by atoms with E-state index in [0.717, 1.165) is 48.6 Å². The molecule has 1 atom stereocenters. The summed E-state index contributed by atoms with van der Waals surface area (Å²) in [6, 6.07) is 5.95. The molecule has 4 nitrogen and oxygen atoms in total. The Hall–Kier alpha value is -1.26. The van der Waals surface area contributed by atoms with Crippen LogP contribution in [-0.2, 0) is 11.3 Å². The van der Waals surface area contributed by atoms with Gasteiger partial charge >= 0.3 is 0 Å². The van der Waals surface area contributed by atoms with Gasteiger partial charge in [0.05, 0.1) is 23.5 Å². The van der Waals surface area contributed by atoms with E-state index in [1.807, 2.05) is 25.1 Å². The lowest BCUT2D eigenvalue weighted by molar-refractivity contribution is 0.191. The van der Waals surface area contributed by atoms with Crippen LogP contribution in [0.4, 0.5) is 0 Å². The number of hydrogen-bond donors (Lipinski definition) is 0. The number of halogens is 1. The zero-order chi connectivity index (χ0) is 14.5. The molecule has 1 heterocycles. The van der Waals surface area contributed by atoms with Crippen molar-refractivity contribution in [3.05, 3.63) is 24.0 Å². The van der Waals surface area contributed by atoms with Crippen LogP contribution in [0.25, 0.3) is 11.0 Å². The minimum Gasteiger partial charge on any atom is -0.497 e. The van der Waals surface area contributed by atoms with Gasteiger partial charge in [0.15, 0.2) is 0 Å². The summed E-state index contributed by atoms with van der Waals surface area (Å²) in [4.78, 5) is 4.64. The van der Waals surface area contributed by atoms with Gasteiger partial charge in [0.2, 0.25) is 0 Å². The largest absolute Gasteiger partial charge is 0.497 e. The number of methoxy groups -OCH3 is 2. The molecular formula is C15H21ClN2O2. The lowest BCUT2D eigenvalue weighted by atomic mass is 10.2. The zero-order valence-electron chi connectivity index (χ0n) is 12.2. The van der Waals surface area contributed by atoms with E-state index in [0.29, 0.717) is 0 Å². The first-order valence-corrected chi connectivity index (χ1v) is 7.28. The number of benzene rings is 1. The van der Waals surface area contributed by atoms with Gasteiger partial charge in [0, 0.05) is 26.3 Å². The molecule has 1 aromatic heterocycles. The summed E-state index contributed by atoms with van der Waals surface area (Å²) in [6.07, 6.45) is 2.07. The first-order chi connectivity index (χ1) is 9.67. The second-order valence-corrected chi connectivity index (χ2v) is 5.45. The first kappa shape index (κ1) is 15.1. The third kappa shape index (κ3) is 3.25. The molecule has 0 spiro atoms. The SMILES string of the molecule is COCCCCn1c(C(C)Cl)nc2cc(OC)ccc21. The molecular weight excluding hydrogens is 276 g/mol. The lowest BCUT2D eigenvalue weighted by Crippen LogP contribution is -2.05. The Morgan fingerprint density at radius 2 is 2.10 bits per heavy atom.